The van der Waals surface area contributed by atoms with E-state index in [0.717, 1.165) is 31.6 Å². The Bertz CT molecular complexity index is 880. The Kier molecular flexibility index (Phi) is 7.15. The van der Waals surface area contributed by atoms with Gasteiger partial charge in [-0.3, -0.25) is 10.1 Å². The van der Waals surface area contributed by atoms with Gasteiger partial charge in [-0.15, -0.1) is 0 Å². The van der Waals surface area contributed by atoms with Crippen molar-refractivity contribution in [2.24, 2.45) is 0 Å². The van der Waals surface area contributed by atoms with Crippen LogP contribution in [-0.4, -0.2) is 37.2 Å². The van der Waals surface area contributed by atoms with Gasteiger partial charge in [-0.2, -0.15) is 0 Å². The number of methoxy groups -OCH3 is 1. The lowest BCUT2D eigenvalue weighted by atomic mass is 10.1. The Morgan fingerprint density at radius 3 is 2.69 bits per heavy atom. The molecule has 29 heavy (non-hydrogen) atoms. The molecule has 1 saturated heterocycles. The van der Waals surface area contributed by atoms with Crippen LogP contribution in [0.25, 0.3) is 0 Å². The van der Waals surface area contributed by atoms with Crippen molar-refractivity contribution in [1.82, 2.24) is 5.32 Å². The fourth-order valence-electron chi connectivity index (χ4n) is 3.00. The molecule has 1 heterocycles. The number of benzene rings is 2. The summed E-state index contributed by atoms with van der Waals surface area (Å²) in [6.45, 7) is 0.749. The lowest BCUT2D eigenvalue weighted by Crippen LogP contribution is -2.34. The summed E-state index contributed by atoms with van der Waals surface area (Å²) in [7, 11) is 1.57. The number of nitrogens with one attached hydrogen (secondary N) is 4. The van der Waals surface area contributed by atoms with E-state index in [-0.39, 0.29) is 17.2 Å². The average Bonchev–Trinajstić information content (AvgIpc) is 2.75. The molecule has 0 spiro atoms. The summed E-state index contributed by atoms with van der Waals surface area (Å²) in [4.78, 5) is 12.3. The van der Waals surface area contributed by atoms with Crippen LogP contribution in [0.1, 0.15) is 35.2 Å². The number of hydrogen-bond donors (Lipinski definition) is 4. The molecule has 1 fully saturated rings. The molecule has 0 bridgehead atoms. The van der Waals surface area contributed by atoms with Crippen molar-refractivity contribution in [3.05, 3.63) is 53.6 Å². The van der Waals surface area contributed by atoms with Gasteiger partial charge in [-0.05, 0) is 73.9 Å². The monoisotopic (exact) mass is 412 g/mol. The van der Waals surface area contributed by atoms with E-state index in [4.69, 9.17) is 27.1 Å². The Labute approximate surface area is 175 Å². The minimum Gasteiger partial charge on any atom is -0.497 e. The highest BCUT2D eigenvalue weighted by Gasteiger charge is 2.15. The van der Waals surface area contributed by atoms with Crippen LogP contribution in [0.4, 0.5) is 11.4 Å². The van der Waals surface area contributed by atoms with Gasteiger partial charge in [0.05, 0.1) is 7.11 Å². The SMILES string of the molecule is COc1ccc(C(=O)NC(=S)Nc2ccc(NC3CCCCO3)c(C=N)c2)cc1. The largest absolute Gasteiger partial charge is 0.497 e. The van der Waals surface area contributed by atoms with Gasteiger partial charge in [0.15, 0.2) is 5.11 Å². The summed E-state index contributed by atoms with van der Waals surface area (Å²) in [6.07, 6.45) is 4.39. The third-order valence-corrected chi connectivity index (χ3v) is 4.74. The zero-order chi connectivity index (χ0) is 20.6. The molecule has 1 unspecified atom stereocenters. The van der Waals surface area contributed by atoms with Gasteiger partial charge in [0, 0.05) is 35.3 Å². The second-order valence-corrected chi connectivity index (χ2v) is 6.99. The van der Waals surface area contributed by atoms with Gasteiger partial charge in [0.25, 0.3) is 5.91 Å². The summed E-state index contributed by atoms with van der Waals surface area (Å²) in [5, 5.41) is 16.8. The van der Waals surface area contributed by atoms with E-state index in [0.29, 0.717) is 22.6 Å². The highest BCUT2D eigenvalue weighted by atomic mass is 32.1. The molecule has 1 atom stereocenters. The van der Waals surface area contributed by atoms with E-state index in [1.165, 1.54) is 6.21 Å². The topological polar surface area (TPSA) is 95.5 Å². The number of thiocarbonyl (C=S) groups is 1. The summed E-state index contributed by atoms with van der Waals surface area (Å²) in [5.41, 5.74) is 2.68. The Morgan fingerprint density at radius 1 is 1.24 bits per heavy atom. The molecule has 0 radical (unpaired) electrons. The first-order valence-corrected chi connectivity index (χ1v) is 9.79. The van der Waals surface area contributed by atoms with E-state index in [2.05, 4.69) is 16.0 Å². The fraction of sp³-hybridized carbons (Fsp3) is 0.286. The van der Waals surface area contributed by atoms with E-state index in [1.54, 1.807) is 37.4 Å². The minimum absolute atomic E-state index is 0.0360. The first kappa shape index (κ1) is 20.8. The maximum Gasteiger partial charge on any atom is 0.257 e. The van der Waals surface area contributed by atoms with Crippen molar-refractivity contribution in [1.29, 1.82) is 5.41 Å². The van der Waals surface area contributed by atoms with E-state index in [9.17, 15) is 4.79 Å². The van der Waals surface area contributed by atoms with E-state index in [1.807, 2.05) is 12.1 Å². The predicted molar refractivity (Wildman–Crippen MR) is 118 cm³/mol. The molecule has 7 nitrogen and oxygen atoms in total. The molecular formula is C21H24N4O3S. The van der Waals surface area contributed by atoms with Crippen LogP contribution in [0, 0.1) is 5.41 Å². The normalized spacial score (nSPS) is 15.8. The van der Waals surface area contributed by atoms with Gasteiger partial charge < -0.3 is 25.5 Å². The zero-order valence-corrected chi connectivity index (χ0v) is 17.0. The maximum atomic E-state index is 12.3. The van der Waals surface area contributed by atoms with Gasteiger partial charge in [-0.25, -0.2) is 0 Å². The smallest absolute Gasteiger partial charge is 0.257 e. The quantitative estimate of drug-likeness (QED) is 0.426. The maximum absolute atomic E-state index is 12.3. The summed E-state index contributed by atoms with van der Waals surface area (Å²) >= 11 is 5.24. The molecule has 1 aliphatic heterocycles. The molecule has 2 aromatic carbocycles. The van der Waals surface area contributed by atoms with Crippen LogP contribution in [0.2, 0.25) is 0 Å². The average molecular weight is 413 g/mol. The Hall–Kier alpha value is -2.97. The molecule has 2 aromatic rings. The molecule has 0 saturated carbocycles. The lowest BCUT2D eigenvalue weighted by molar-refractivity contribution is 0.0343. The third-order valence-electron chi connectivity index (χ3n) is 4.54. The second-order valence-electron chi connectivity index (χ2n) is 6.58. The molecule has 8 heteroatoms. The van der Waals surface area contributed by atoms with Crippen LogP contribution in [-0.2, 0) is 4.74 Å². The number of amides is 1. The van der Waals surface area contributed by atoms with Gasteiger partial charge >= 0.3 is 0 Å². The van der Waals surface area contributed by atoms with Crippen molar-refractivity contribution >= 4 is 40.8 Å². The molecule has 4 N–H and O–H groups in total. The highest BCUT2D eigenvalue weighted by molar-refractivity contribution is 7.80. The second kappa shape index (κ2) is 9.99. The number of ether oxygens (including phenoxy) is 2. The molecule has 0 aromatic heterocycles. The highest BCUT2D eigenvalue weighted by Crippen LogP contribution is 2.23. The Balaban J connectivity index is 1.60. The zero-order valence-electron chi connectivity index (χ0n) is 16.2. The molecule has 0 aliphatic carbocycles. The number of carbonyl (C=O) groups is 1. The molecule has 152 valence electrons. The van der Waals surface area contributed by atoms with Gasteiger partial charge in [0.1, 0.15) is 12.0 Å². The molecule has 3 rings (SSSR count). The summed E-state index contributed by atoms with van der Waals surface area (Å²) in [6, 6.07) is 12.3. The van der Waals surface area contributed by atoms with Gasteiger partial charge in [0.2, 0.25) is 0 Å². The van der Waals surface area contributed by atoms with Crippen LogP contribution >= 0.6 is 12.2 Å². The molecule has 1 amide bonds. The third kappa shape index (κ3) is 5.75. The van der Waals surface area contributed by atoms with Crippen molar-refractivity contribution < 1.29 is 14.3 Å². The van der Waals surface area contributed by atoms with E-state index < -0.39 is 0 Å². The number of rotatable bonds is 6. The van der Waals surface area contributed by atoms with Crippen LogP contribution < -0.4 is 20.7 Å². The van der Waals surface area contributed by atoms with Crippen LogP contribution in [0.3, 0.4) is 0 Å². The van der Waals surface area contributed by atoms with Crippen LogP contribution in [0.15, 0.2) is 42.5 Å². The van der Waals surface area contributed by atoms with Crippen molar-refractivity contribution in [3.63, 3.8) is 0 Å². The van der Waals surface area contributed by atoms with Crippen molar-refractivity contribution in [2.75, 3.05) is 24.4 Å². The fourth-order valence-corrected chi connectivity index (χ4v) is 3.21. The van der Waals surface area contributed by atoms with Crippen molar-refractivity contribution in [3.8, 4) is 5.75 Å². The molecular weight excluding hydrogens is 388 g/mol. The number of anilines is 2. The first-order chi connectivity index (χ1) is 14.1. The standard InChI is InChI=1S/C21H24N4O3S/c1-27-17-8-5-14(6-9-17)20(26)25-21(29)23-16-7-10-18(15(12-16)13-22)24-19-4-2-3-11-28-19/h5-10,12-13,19,22,24H,2-4,11H2,1H3,(H2,23,25,26,29). The predicted octanol–water partition coefficient (Wildman–Crippen LogP) is 3.76. The number of hydrogen-bond acceptors (Lipinski definition) is 6. The first-order valence-electron chi connectivity index (χ1n) is 9.38. The summed E-state index contributed by atoms with van der Waals surface area (Å²) in [5.74, 6) is 0.360. The summed E-state index contributed by atoms with van der Waals surface area (Å²) < 4.78 is 10.8. The minimum atomic E-state index is -0.315. The molecule has 1 aliphatic rings. The Morgan fingerprint density at radius 2 is 2.03 bits per heavy atom. The lowest BCUT2D eigenvalue weighted by Gasteiger charge is -2.25. The van der Waals surface area contributed by atoms with Crippen LogP contribution in [0.5, 0.6) is 5.75 Å². The van der Waals surface area contributed by atoms with Crippen molar-refractivity contribution in [2.45, 2.75) is 25.5 Å². The van der Waals surface area contributed by atoms with E-state index >= 15 is 0 Å². The number of carbonyl (C=O) groups excluding carboxylic acids is 1. The van der Waals surface area contributed by atoms with Gasteiger partial charge in [-0.1, -0.05) is 0 Å².